The van der Waals surface area contributed by atoms with Gasteiger partial charge in [-0.3, -0.25) is 4.79 Å². The van der Waals surface area contributed by atoms with Gasteiger partial charge in [-0.2, -0.15) is 0 Å². The van der Waals surface area contributed by atoms with Gasteiger partial charge in [-0.1, -0.05) is 190 Å². The van der Waals surface area contributed by atoms with Crippen molar-refractivity contribution in [1.29, 1.82) is 0 Å². The number of hydrogen-bond donors (Lipinski definition) is 3. The van der Waals surface area contributed by atoms with Gasteiger partial charge >= 0.3 is 5.97 Å². The number of esters is 1. The fourth-order valence-electron chi connectivity index (χ4n) is 6.01. The summed E-state index contributed by atoms with van der Waals surface area (Å²) in [5, 5.41) is 16.7. The van der Waals surface area contributed by atoms with Crippen LogP contribution in [0, 0.1) is 0 Å². The minimum absolute atomic E-state index is 0. The molecule has 0 aromatic carbocycles. The molecule has 0 aliphatic rings. The molecule has 8 heteroatoms. The minimum Gasteiger partial charge on any atom is -0.466 e. The second-order valence-electron chi connectivity index (χ2n) is 14.5. The SMILES string of the molecule is C.C.CCCCCCCCC.CCCCCCCCCOC(=O)CCCCCCN(CCO)CCCCCCCCOCOCCCCCCC.CNO. The lowest BCUT2D eigenvalue weighted by atomic mass is 10.1. The van der Waals surface area contributed by atoms with Crippen molar-refractivity contribution in [2.45, 2.75) is 235 Å². The molecule has 0 aliphatic carbocycles. The second kappa shape index (κ2) is 61.5. The molecule has 0 bridgehead atoms. The summed E-state index contributed by atoms with van der Waals surface area (Å²) in [7, 11) is 1.43. The Hall–Kier alpha value is -0.770. The lowest BCUT2D eigenvalue weighted by Gasteiger charge is -2.21. The van der Waals surface area contributed by atoms with Gasteiger partial charge in [0.15, 0.2) is 0 Å². The van der Waals surface area contributed by atoms with Crippen LogP contribution in [-0.4, -0.2) is 81.1 Å². The number of carbonyl (C=O) groups excluding carboxylic acids is 1. The Balaban J connectivity index is -0.000000490. The number of aliphatic hydroxyl groups is 1. The number of aliphatic hydroxyl groups excluding tert-OH is 1. The summed E-state index contributed by atoms with van der Waals surface area (Å²) in [4.78, 5) is 14.3. The van der Waals surface area contributed by atoms with Crippen LogP contribution < -0.4 is 5.48 Å². The summed E-state index contributed by atoms with van der Waals surface area (Å²) in [6.07, 6.45) is 37.2. The molecule has 0 amide bonds. The van der Waals surface area contributed by atoms with E-state index in [-0.39, 0.29) is 27.4 Å². The largest absolute Gasteiger partial charge is 0.466 e. The van der Waals surface area contributed by atoms with Gasteiger partial charge in [-0.05, 0) is 51.6 Å². The van der Waals surface area contributed by atoms with Crippen molar-refractivity contribution in [3.8, 4) is 0 Å². The zero-order valence-corrected chi connectivity index (χ0v) is 35.8. The smallest absolute Gasteiger partial charge is 0.305 e. The van der Waals surface area contributed by atoms with Gasteiger partial charge in [-0.15, -0.1) is 0 Å². The summed E-state index contributed by atoms with van der Waals surface area (Å²) in [6, 6.07) is 0. The molecule has 0 unspecified atom stereocenters. The Morgan fingerprint density at radius 3 is 1.17 bits per heavy atom. The van der Waals surface area contributed by atoms with E-state index in [1.165, 1.54) is 148 Å². The number of nitrogens with zero attached hydrogens (tertiary/aromatic N) is 1. The maximum Gasteiger partial charge on any atom is 0.305 e. The van der Waals surface area contributed by atoms with Crippen LogP contribution in [0.4, 0.5) is 0 Å². The van der Waals surface area contributed by atoms with Crippen molar-refractivity contribution in [3.63, 3.8) is 0 Å². The van der Waals surface area contributed by atoms with E-state index in [1.807, 2.05) is 0 Å². The first-order valence-corrected chi connectivity index (χ1v) is 22.5. The van der Waals surface area contributed by atoms with E-state index in [2.05, 4.69) is 32.6 Å². The third kappa shape index (κ3) is 63.2. The molecule has 3 N–H and O–H groups in total. The third-order valence-corrected chi connectivity index (χ3v) is 9.31. The highest BCUT2D eigenvalue weighted by Gasteiger charge is 2.06. The summed E-state index contributed by atoms with van der Waals surface area (Å²) < 4.78 is 16.5. The highest BCUT2D eigenvalue weighted by Crippen LogP contribution is 2.11. The van der Waals surface area contributed by atoms with Gasteiger partial charge in [0.1, 0.15) is 6.79 Å². The van der Waals surface area contributed by atoms with Crippen LogP contribution in [0.1, 0.15) is 235 Å². The van der Waals surface area contributed by atoms with Crippen LogP contribution in [0.2, 0.25) is 0 Å². The van der Waals surface area contributed by atoms with Crippen LogP contribution in [0.5, 0.6) is 0 Å². The molecule has 0 aromatic heterocycles. The molecule has 0 aliphatic heterocycles. The monoisotopic (exact) mass is 779 g/mol. The molecular formula is C46H102N2O6. The van der Waals surface area contributed by atoms with E-state index in [9.17, 15) is 9.90 Å². The van der Waals surface area contributed by atoms with Crippen molar-refractivity contribution < 1.29 is 29.3 Å². The van der Waals surface area contributed by atoms with Crippen LogP contribution in [0.3, 0.4) is 0 Å². The first-order valence-electron chi connectivity index (χ1n) is 22.5. The zero-order chi connectivity index (χ0) is 38.9. The van der Waals surface area contributed by atoms with Gasteiger partial charge in [0.25, 0.3) is 0 Å². The third-order valence-electron chi connectivity index (χ3n) is 9.31. The first kappa shape index (κ1) is 62.4. The Morgan fingerprint density at radius 2 is 0.796 bits per heavy atom. The molecule has 0 heterocycles. The minimum atomic E-state index is -0.0297. The molecule has 332 valence electrons. The fourth-order valence-corrected chi connectivity index (χ4v) is 6.01. The van der Waals surface area contributed by atoms with E-state index >= 15 is 0 Å². The van der Waals surface area contributed by atoms with Gasteiger partial charge in [0.2, 0.25) is 0 Å². The number of carbonyl (C=O) groups is 1. The number of rotatable bonds is 40. The molecular weight excluding hydrogens is 677 g/mol. The fraction of sp³-hybridized carbons (Fsp3) is 0.978. The van der Waals surface area contributed by atoms with E-state index in [1.54, 1.807) is 5.48 Å². The highest BCUT2D eigenvalue weighted by molar-refractivity contribution is 5.69. The van der Waals surface area contributed by atoms with Gasteiger partial charge in [0, 0.05) is 33.2 Å². The van der Waals surface area contributed by atoms with Crippen LogP contribution >= 0.6 is 0 Å². The summed E-state index contributed by atoms with van der Waals surface area (Å²) >= 11 is 0. The quantitative estimate of drug-likeness (QED) is 0.0245. The number of unbranched alkanes of at least 4 members (excludes halogenated alkanes) is 24. The standard InChI is InChI=1S/C34H69NO5.C9H20.CH5NO.2CH4/c1-3-5-7-9-11-18-24-32-40-34(37)25-19-13-15-21-27-35(28-29-36)26-20-14-10-12-17-23-31-39-33-38-30-22-16-8-6-4-2;1-3-5-7-9-8-6-4-2;1-2-3;;/h36H,3-33H2,1-2H3;3-9H2,1-2H3;2-3H,1H3;2*1H4. The molecule has 0 radical (unpaired) electrons. The Morgan fingerprint density at radius 1 is 0.481 bits per heavy atom. The van der Waals surface area contributed by atoms with Crippen LogP contribution in [0.15, 0.2) is 0 Å². The normalized spacial score (nSPS) is 10.5. The number of nitrogens with one attached hydrogen (secondary N) is 1. The lowest BCUT2D eigenvalue weighted by Crippen LogP contribution is -2.29. The molecule has 54 heavy (non-hydrogen) atoms. The van der Waals surface area contributed by atoms with Gasteiger partial charge < -0.3 is 29.4 Å². The van der Waals surface area contributed by atoms with Crippen molar-refractivity contribution in [3.05, 3.63) is 0 Å². The molecule has 0 saturated carbocycles. The van der Waals surface area contributed by atoms with E-state index in [0.29, 0.717) is 19.8 Å². The predicted molar refractivity (Wildman–Crippen MR) is 237 cm³/mol. The topological polar surface area (TPSA) is 100 Å². The Labute approximate surface area is 340 Å². The van der Waals surface area contributed by atoms with Gasteiger partial charge in [-0.25, -0.2) is 5.48 Å². The first-order chi connectivity index (χ1) is 25.6. The molecule has 0 rings (SSSR count). The van der Waals surface area contributed by atoms with Crippen LogP contribution in [-0.2, 0) is 19.0 Å². The van der Waals surface area contributed by atoms with Crippen molar-refractivity contribution in [1.82, 2.24) is 10.4 Å². The Bertz CT molecular complexity index is 608. The lowest BCUT2D eigenvalue weighted by molar-refractivity contribution is -0.143. The molecule has 0 saturated heterocycles. The van der Waals surface area contributed by atoms with Crippen molar-refractivity contribution in [2.75, 3.05) is 59.9 Å². The van der Waals surface area contributed by atoms with Gasteiger partial charge in [0.05, 0.1) is 13.2 Å². The highest BCUT2D eigenvalue weighted by atomic mass is 16.7. The average molecular weight is 779 g/mol. The second-order valence-corrected chi connectivity index (χ2v) is 14.5. The number of ether oxygens (including phenoxy) is 3. The zero-order valence-electron chi connectivity index (χ0n) is 35.8. The van der Waals surface area contributed by atoms with E-state index < -0.39 is 0 Å². The summed E-state index contributed by atoms with van der Waals surface area (Å²) in [5.74, 6) is -0.0297. The average Bonchev–Trinajstić information content (AvgIpc) is 3.14. The summed E-state index contributed by atoms with van der Waals surface area (Å²) in [6.45, 7) is 14.8. The number of hydrogen-bond acceptors (Lipinski definition) is 8. The maximum atomic E-state index is 11.9. The van der Waals surface area contributed by atoms with E-state index in [0.717, 1.165) is 77.8 Å². The van der Waals surface area contributed by atoms with E-state index in [4.69, 9.17) is 19.4 Å². The van der Waals surface area contributed by atoms with Crippen LogP contribution in [0.25, 0.3) is 0 Å². The van der Waals surface area contributed by atoms with Crippen molar-refractivity contribution in [2.24, 2.45) is 0 Å². The molecule has 0 fully saturated rings. The summed E-state index contributed by atoms with van der Waals surface area (Å²) in [5.41, 5.74) is 1.75. The molecule has 8 nitrogen and oxygen atoms in total. The number of hydroxylamine groups is 1. The predicted octanol–water partition coefficient (Wildman–Crippen LogP) is 13.5. The molecule has 0 spiro atoms. The molecule has 0 aromatic rings. The Kier molecular flexibility index (Phi) is 71.0. The van der Waals surface area contributed by atoms with Crippen molar-refractivity contribution >= 4 is 5.97 Å². The molecule has 0 atom stereocenters. The maximum absolute atomic E-state index is 11.9.